The van der Waals surface area contributed by atoms with Gasteiger partial charge in [-0.05, 0) is 185 Å². The van der Waals surface area contributed by atoms with Crippen molar-refractivity contribution in [2.75, 3.05) is 26.2 Å². The number of carbonyl (C=O) groups is 10. The number of phenolic OH excluding ortho intramolecular Hbond substituents is 2. The summed E-state index contributed by atoms with van der Waals surface area (Å²) in [6.07, 6.45) is 8.00. The Bertz CT molecular complexity index is 3710. The summed E-state index contributed by atoms with van der Waals surface area (Å²) in [6, 6.07) is 10.2. The Kier molecular flexibility index (Phi) is 23.1. The van der Waals surface area contributed by atoms with Gasteiger partial charge in [0.1, 0.15) is 59.8 Å². The quantitative estimate of drug-likeness (QED) is 0.106. The van der Waals surface area contributed by atoms with E-state index in [2.05, 4.69) is 51.1 Å². The lowest BCUT2D eigenvalue weighted by atomic mass is 9.72. The summed E-state index contributed by atoms with van der Waals surface area (Å²) in [6.45, 7) is 11.7. The largest absolute Gasteiger partial charge is 0.508 e. The summed E-state index contributed by atoms with van der Waals surface area (Å²) in [5.41, 5.74) is 18.0. The molecule has 1 saturated carbocycles. The second kappa shape index (κ2) is 31.3. The average Bonchev–Trinajstić information content (AvgIpc) is 1.51. The maximum absolute atomic E-state index is 15.4. The number of fused-ring (bicyclic) bond motifs is 5. The first-order valence-corrected chi connectivity index (χ1v) is 36.0. The van der Waals surface area contributed by atoms with Crippen molar-refractivity contribution in [1.82, 2.24) is 47.0 Å². The highest BCUT2D eigenvalue weighted by Gasteiger charge is 2.61. The number of phenols is 2. The number of nitrogens with one attached hydrogen (secondary N) is 7. The molecule has 4 bridgehead atoms. The number of nitrogens with two attached hydrogens (primary N) is 2. The van der Waals surface area contributed by atoms with Gasteiger partial charge in [-0.15, -0.1) is 23.5 Å². The lowest BCUT2D eigenvalue weighted by Gasteiger charge is -2.47. The molecule has 3 saturated heterocycles. The van der Waals surface area contributed by atoms with Gasteiger partial charge in [0, 0.05) is 32.4 Å². The summed E-state index contributed by atoms with van der Waals surface area (Å²) < 4.78 is -1.61. The third kappa shape index (κ3) is 15.7. The number of allylic oxidation sites excluding steroid dienone is 4. The van der Waals surface area contributed by atoms with E-state index in [1.54, 1.807) is 82.3 Å². The van der Waals surface area contributed by atoms with Gasteiger partial charge in [-0.1, -0.05) is 82.3 Å². The molecule has 0 unspecified atom stereocenters. The van der Waals surface area contributed by atoms with Crippen LogP contribution in [-0.2, 0) is 67.2 Å². The number of carbonyl (C=O) groups excluding carboxylic acids is 10. The summed E-state index contributed by atoms with van der Waals surface area (Å²) >= 11 is 2.77. The van der Waals surface area contributed by atoms with Gasteiger partial charge >= 0.3 is 0 Å². The standard InChI is InChI=1S/C73H93N11O12S2/c1-40(2)60-68(93)77-52(20-12-32-75)64(89)79-55(37-44-25-29-46(86)30-26-44)70(95)83-33-13-21-56(83)62(87)58-38-49-47-17-10-18-48(47)50-39-59(98-73(50,6)72(49,5)97-58)67(92)82-61(41(3)4)69(94)76-51(19-11-31-74)63(88)78-53(35-43-23-27-45(85)28-24-43)65(90)80-54(36-42-15-8-7-9-16-42)71(96)84-34-14-22-57(84)66(91)81-60/h7-9,15-16,23-30,38-41,51-57,60-61,85-86H,10-14,17-22,31-37,74-75H2,1-6H3,(H,76,94)(H,77,93)(H,78,88)(H,79,89)(H,80,90)(H,81,91)(H,82,92)/t51-,52-,53-,54+,55-,56+,57-,60-,61-,72-,73-/m0/s1. The molecule has 13 N–H and O–H groups in total. The Labute approximate surface area is 580 Å². The van der Waals surface area contributed by atoms with E-state index in [0.717, 1.165) is 41.6 Å². The minimum Gasteiger partial charge on any atom is -0.508 e. The fraction of sp³-hybridized carbons (Fsp3) is 0.507. The van der Waals surface area contributed by atoms with Crippen LogP contribution in [0.4, 0.5) is 0 Å². The van der Waals surface area contributed by atoms with Crippen LogP contribution in [0.2, 0.25) is 0 Å². The lowest BCUT2D eigenvalue weighted by Crippen LogP contribution is -2.61. The maximum atomic E-state index is 15.4. The number of ketones is 1. The number of rotatable bonds is 14. The molecule has 3 aromatic rings. The monoisotopic (exact) mass is 1380 g/mol. The first-order valence-electron chi connectivity index (χ1n) is 34.4. The van der Waals surface area contributed by atoms with Crippen LogP contribution in [0.25, 0.3) is 0 Å². The van der Waals surface area contributed by atoms with Crippen molar-refractivity contribution in [1.29, 1.82) is 0 Å². The zero-order valence-corrected chi connectivity index (χ0v) is 58.2. The number of hydrogen-bond acceptors (Lipinski definition) is 16. The Morgan fingerprint density at radius 1 is 0.480 bits per heavy atom. The molecular weight excluding hydrogens is 1290 g/mol. The van der Waals surface area contributed by atoms with Crippen LogP contribution in [0.1, 0.15) is 129 Å². The molecule has 0 spiro atoms. The highest BCUT2D eigenvalue weighted by Crippen LogP contribution is 2.68. The number of aromatic hydroxyl groups is 2. The van der Waals surface area contributed by atoms with E-state index in [0.29, 0.717) is 45.8 Å². The molecule has 0 radical (unpaired) electrons. The van der Waals surface area contributed by atoms with Gasteiger partial charge < -0.3 is 68.7 Å². The number of nitrogens with zero attached hydrogens (tertiary/aromatic N) is 2. The van der Waals surface area contributed by atoms with Crippen LogP contribution in [0, 0.1) is 11.8 Å². The van der Waals surface area contributed by atoms with E-state index in [1.807, 2.05) is 12.2 Å². The molecule has 3 aromatic carbocycles. The second-order valence-electron chi connectivity index (χ2n) is 27.7. The van der Waals surface area contributed by atoms with Crippen molar-refractivity contribution in [3.63, 3.8) is 0 Å². The first kappa shape index (κ1) is 72.5. The van der Waals surface area contributed by atoms with Gasteiger partial charge in [0.25, 0.3) is 5.91 Å². The Morgan fingerprint density at radius 3 is 1.38 bits per heavy atom. The second-order valence-corrected chi connectivity index (χ2v) is 30.6. The third-order valence-electron chi connectivity index (χ3n) is 20.2. The van der Waals surface area contributed by atoms with Crippen LogP contribution in [0.3, 0.4) is 0 Å². The lowest BCUT2D eigenvalue weighted by molar-refractivity contribution is -0.143. The molecule has 11 atom stereocenters. The predicted molar refractivity (Wildman–Crippen MR) is 374 cm³/mol. The van der Waals surface area contributed by atoms with Crippen LogP contribution in [-0.4, -0.2) is 169 Å². The highest BCUT2D eigenvalue weighted by atomic mass is 32.2. The van der Waals surface area contributed by atoms with Gasteiger partial charge in [-0.2, -0.15) is 0 Å². The maximum Gasteiger partial charge on any atom is 0.258 e. The topological polar surface area (TPSA) is 354 Å². The van der Waals surface area contributed by atoms with Crippen LogP contribution in [0.15, 0.2) is 123 Å². The molecule has 98 heavy (non-hydrogen) atoms. The molecule has 4 fully saturated rings. The molecule has 7 aliphatic rings. The van der Waals surface area contributed by atoms with Crippen molar-refractivity contribution in [3.05, 3.63) is 140 Å². The number of amides is 9. The molecule has 2 aliphatic carbocycles. The zero-order chi connectivity index (χ0) is 70.3. The minimum absolute atomic E-state index is 0.0117. The summed E-state index contributed by atoms with van der Waals surface area (Å²) in [5.74, 6) is -7.33. The van der Waals surface area contributed by atoms with Gasteiger partial charge in [0.15, 0.2) is 5.78 Å². The fourth-order valence-corrected chi connectivity index (χ4v) is 17.7. The smallest absolute Gasteiger partial charge is 0.258 e. The highest BCUT2D eigenvalue weighted by molar-refractivity contribution is 8.10. The van der Waals surface area contributed by atoms with E-state index in [9.17, 15) is 39.0 Å². The summed E-state index contributed by atoms with van der Waals surface area (Å²) in [5, 5.41) is 40.9. The van der Waals surface area contributed by atoms with Gasteiger partial charge in [0.2, 0.25) is 47.3 Å². The molecule has 23 nitrogen and oxygen atoms in total. The first-order chi connectivity index (χ1) is 46.8. The van der Waals surface area contributed by atoms with Crippen molar-refractivity contribution in [3.8, 4) is 11.5 Å². The Balaban J connectivity index is 1.02. The van der Waals surface area contributed by atoms with Gasteiger partial charge in [0.05, 0.1) is 25.3 Å². The molecule has 524 valence electrons. The van der Waals surface area contributed by atoms with E-state index < -0.39 is 129 Å². The van der Waals surface area contributed by atoms with E-state index >= 15 is 19.2 Å². The van der Waals surface area contributed by atoms with Crippen molar-refractivity contribution >= 4 is 82.5 Å². The summed E-state index contributed by atoms with van der Waals surface area (Å²) in [7, 11) is 0. The van der Waals surface area contributed by atoms with E-state index in [-0.39, 0.29) is 94.8 Å². The van der Waals surface area contributed by atoms with E-state index in [4.69, 9.17) is 11.5 Å². The Hall–Kier alpha value is -8.26. The SMILES string of the molecule is CC(C)[C@@H]1NC(=O)C2=CC3=C4CCCC4=C4C=C(S[C@]4(C)[C@@]3(C)S2)C(=O)[C@H]2CCCN2C(=O)[C@H](Cc2ccc(O)cc2)NC(=O)[C@H](CCCN)NC(=O)[C@H](C(C)C)NC(=O)[C@@H]2CCCN2C(=O)[C@@H](Cc2ccccc2)NC(=O)[C@H](Cc2ccc(O)cc2)NC(=O)[C@H](CCCN)NC1=O. The zero-order valence-electron chi connectivity index (χ0n) is 56.6. The van der Waals surface area contributed by atoms with Crippen molar-refractivity contribution in [2.24, 2.45) is 23.3 Å². The van der Waals surface area contributed by atoms with Crippen LogP contribution < -0.4 is 48.7 Å². The van der Waals surface area contributed by atoms with Crippen molar-refractivity contribution in [2.45, 2.75) is 195 Å². The number of Topliss-reactive ketones (excluding diaryl/α,β-unsaturated/α-hetero) is 1. The molecule has 25 heteroatoms. The van der Waals surface area contributed by atoms with Crippen LogP contribution in [0.5, 0.6) is 11.5 Å². The molecule has 5 aliphatic heterocycles. The van der Waals surface area contributed by atoms with E-state index in [1.165, 1.54) is 57.6 Å². The van der Waals surface area contributed by atoms with Crippen LogP contribution >= 0.6 is 23.5 Å². The van der Waals surface area contributed by atoms with Gasteiger partial charge in [-0.25, -0.2) is 0 Å². The molecular formula is C73H93N11O12S2. The number of thioether (sulfide) groups is 2. The van der Waals surface area contributed by atoms with Gasteiger partial charge in [-0.3, -0.25) is 47.9 Å². The molecule has 9 amide bonds. The average molecular weight is 1380 g/mol. The molecule has 0 aromatic heterocycles. The molecule has 5 heterocycles. The number of hydrogen-bond donors (Lipinski definition) is 11. The third-order valence-corrected chi connectivity index (χ3v) is 23.4. The minimum atomic E-state index is -1.40. The molecule has 10 rings (SSSR count). The van der Waals surface area contributed by atoms with Crippen molar-refractivity contribution < 1.29 is 58.2 Å². The Morgan fingerprint density at radius 2 is 0.888 bits per heavy atom. The number of benzene rings is 3. The summed E-state index contributed by atoms with van der Waals surface area (Å²) in [4.78, 5) is 154. The fourth-order valence-electron chi connectivity index (χ4n) is 14.6. The predicted octanol–water partition coefficient (Wildman–Crippen LogP) is 4.44. The normalized spacial score (nSPS) is 28.7.